The van der Waals surface area contributed by atoms with E-state index in [0.29, 0.717) is 34.9 Å². The van der Waals surface area contributed by atoms with Crippen molar-refractivity contribution in [3.63, 3.8) is 0 Å². The summed E-state index contributed by atoms with van der Waals surface area (Å²) in [4.78, 5) is 18.6. The van der Waals surface area contributed by atoms with Crippen molar-refractivity contribution in [2.45, 2.75) is 29.9 Å². The SMILES string of the molecule is CCN(CC)C(=O)CSc1nnc(SCc2csc(-c3ccccc3)n2)n1N. The highest BCUT2D eigenvalue weighted by atomic mass is 32.2. The number of nitrogens with two attached hydrogens (primary N) is 1. The summed E-state index contributed by atoms with van der Waals surface area (Å²) in [5.41, 5.74) is 2.09. The van der Waals surface area contributed by atoms with Crippen molar-refractivity contribution < 1.29 is 4.79 Å². The molecule has 7 nitrogen and oxygen atoms in total. The minimum Gasteiger partial charge on any atom is -0.343 e. The maximum atomic E-state index is 12.1. The molecule has 0 saturated carbocycles. The summed E-state index contributed by atoms with van der Waals surface area (Å²) in [6.07, 6.45) is 0. The quantitative estimate of drug-likeness (QED) is 0.408. The molecular formula is C18H22N6OS3. The van der Waals surface area contributed by atoms with Crippen LogP contribution in [0, 0.1) is 0 Å². The van der Waals surface area contributed by atoms with E-state index in [1.54, 1.807) is 16.2 Å². The molecule has 0 aliphatic carbocycles. The predicted molar refractivity (Wildman–Crippen MR) is 116 cm³/mol. The highest BCUT2D eigenvalue weighted by Crippen LogP contribution is 2.28. The van der Waals surface area contributed by atoms with Crippen LogP contribution >= 0.6 is 34.9 Å². The molecule has 1 aromatic carbocycles. The van der Waals surface area contributed by atoms with E-state index < -0.39 is 0 Å². The maximum Gasteiger partial charge on any atom is 0.233 e. The minimum atomic E-state index is 0.0723. The lowest BCUT2D eigenvalue weighted by atomic mass is 10.2. The Morgan fingerprint density at radius 3 is 2.50 bits per heavy atom. The van der Waals surface area contributed by atoms with E-state index in [0.717, 1.165) is 16.3 Å². The smallest absolute Gasteiger partial charge is 0.233 e. The number of rotatable bonds is 9. The monoisotopic (exact) mass is 434 g/mol. The molecule has 0 spiro atoms. The van der Waals surface area contributed by atoms with Gasteiger partial charge in [-0.15, -0.1) is 21.5 Å². The van der Waals surface area contributed by atoms with Crippen LogP contribution in [0.25, 0.3) is 10.6 Å². The number of nitrogens with zero attached hydrogens (tertiary/aromatic N) is 5. The van der Waals surface area contributed by atoms with E-state index >= 15 is 0 Å². The molecule has 0 unspecified atom stereocenters. The molecule has 0 atom stereocenters. The number of benzene rings is 1. The van der Waals surface area contributed by atoms with Crippen molar-refractivity contribution in [3.8, 4) is 10.6 Å². The first-order valence-corrected chi connectivity index (χ1v) is 11.7. The lowest BCUT2D eigenvalue weighted by molar-refractivity contribution is -0.127. The van der Waals surface area contributed by atoms with E-state index in [-0.39, 0.29) is 5.91 Å². The van der Waals surface area contributed by atoms with Gasteiger partial charge in [0.1, 0.15) is 5.01 Å². The molecular weight excluding hydrogens is 412 g/mol. The molecule has 0 radical (unpaired) electrons. The van der Waals surface area contributed by atoms with Crippen LogP contribution in [0.2, 0.25) is 0 Å². The third kappa shape index (κ3) is 5.06. The van der Waals surface area contributed by atoms with E-state index in [2.05, 4.69) is 27.3 Å². The van der Waals surface area contributed by atoms with E-state index in [9.17, 15) is 4.79 Å². The number of thiazole rings is 1. The van der Waals surface area contributed by atoms with Gasteiger partial charge in [0.05, 0.1) is 11.4 Å². The van der Waals surface area contributed by atoms with Crippen LogP contribution in [0.5, 0.6) is 0 Å². The molecule has 0 aliphatic heterocycles. The first-order valence-electron chi connectivity index (χ1n) is 8.86. The molecule has 0 aliphatic rings. The zero-order valence-corrected chi connectivity index (χ0v) is 18.2. The van der Waals surface area contributed by atoms with Crippen LogP contribution in [-0.2, 0) is 10.5 Å². The Morgan fingerprint density at radius 1 is 1.14 bits per heavy atom. The van der Waals surface area contributed by atoms with Gasteiger partial charge < -0.3 is 10.7 Å². The van der Waals surface area contributed by atoms with Crippen molar-refractivity contribution in [2.75, 3.05) is 24.7 Å². The Balaban J connectivity index is 1.56. The molecule has 28 heavy (non-hydrogen) atoms. The third-order valence-electron chi connectivity index (χ3n) is 4.00. The van der Waals surface area contributed by atoms with Gasteiger partial charge in [-0.3, -0.25) is 4.79 Å². The summed E-state index contributed by atoms with van der Waals surface area (Å²) in [6.45, 7) is 5.33. The zero-order chi connectivity index (χ0) is 19.9. The van der Waals surface area contributed by atoms with Crippen molar-refractivity contribution in [2.24, 2.45) is 0 Å². The largest absolute Gasteiger partial charge is 0.343 e. The number of carbonyl (C=O) groups is 1. The predicted octanol–water partition coefficient (Wildman–Crippen LogP) is 3.37. The second kappa shape index (κ2) is 9.94. The zero-order valence-electron chi connectivity index (χ0n) is 15.7. The Kier molecular flexibility index (Phi) is 7.35. The molecule has 2 heterocycles. The fourth-order valence-electron chi connectivity index (χ4n) is 2.48. The number of nitrogen functional groups attached to an aromatic ring is 1. The van der Waals surface area contributed by atoms with Crippen molar-refractivity contribution in [1.29, 1.82) is 0 Å². The minimum absolute atomic E-state index is 0.0723. The lowest BCUT2D eigenvalue weighted by Gasteiger charge is -2.17. The van der Waals surface area contributed by atoms with E-state index in [1.165, 1.54) is 28.2 Å². The molecule has 148 valence electrons. The van der Waals surface area contributed by atoms with Gasteiger partial charge in [-0.25, -0.2) is 9.66 Å². The Labute approximate surface area is 176 Å². The topological polar surface area (TPSA) is 89.9 Å². The number of amides is 1. The normalized spacial score (nSPS) is 10.9. The average molecular weight is 435 g/mol. The van der Waals surface area contributed by atoms with Crippen molar-refractivity contribution in [1.82, 2.24) is 24.8 Å². The molecule has 3 aromatic rings. The van der Waals surface area contributed by atoms with Crippen molar-refractivity contribution in [3.05, 3.63) is 41.4 Å². The highest BCUT2D eigenvalue weighted by Gasteiger charge is 2.16. The van der Waals surface area contributed by atoms with Gasteiger partial charge in [0, 0.05) is 29.8 Å². The van der Waals surface area contributed by atoms with Gasteiger partial charge in [0.15, 0.2) is 0 Å². The van der Waals surface area contributed by atoms with E-state index in [4.69, 9.17) is 5.84 Å². The summed E-state index contributed by atoms with van der Waals surface area (Å²) in [6, 6.07) is 10.1. The molecule has 1 amide bonds. The number of thioether (sulfide) groups is 2. The molecule has 0 fully saturated rings. The summed E-state index contributed by atoms with van der Waals surface area (Å²) in [5, 5.41) is 12.4. The fraction of sp³-hybridized carbons (Fsp3) is 0.333. The average Bonchev–Trinajstić information content (AvgIpc) is 3.33. The Bertz CT molecular complexity index is 907. The maximum absolute atomic E-state index is 12.1. The number of hydrogen-bond donors (Lipinski definition) is 1. The summed E-state index contributed by atoms with van der Waals surface area (Å²) >= 11 is 4.40. The summed E-state index contributed by atoms with van der Waals surface area (Å²) in [5.74, 6) is 7.12. The summed E-state index contributed by atoms with van der Waals surface area (Å²) in [7, 11) is 0. The second-order valence-electron chi connectivity index (χ2n) is 5.79. The lowest BCUT2D eigenvalue weighted by Crippen LogP contribution is -2.32. The second-order valence-corrected chi connectivity index (χ2v) is 8.53. The number of carbonyl (C=O) groups excluding carboxylic acids is 1. The van der Waals surface area contributed by atoms with Gasteiger partial charge >= 0.3 is 0 Å². The van der Waals surface area contributed by atoms with Crippen LogP contribution in [0.4, 0.5) is 0 Å². The van der Waals surface area contributed by atoms with Gasteiger partial charge in [-0.05, 0) is 13.8 Å². The number of aromatic nitrogens is 4. The van der Waals surface area contributed by atoms with Gasteiger partial charge in [0.2, 0.25) is 16.2 Å². The van der Waals surface area contributed by atoms with E-state index in [1.807, 2.05) is 37.4 Å². The third-order valence-corrected chi connectivity index (χ3v) is 6.84. The summed E-state index contributed by atoms with van der Waals surface area (Å²) < 4.78 is 1.44. The first kappa shape index (κ1) is 20.7. The standard InChI is InChI=1S/C18H22N6OS3/c1-3-23(4-2)15(25)12-28-18-22-21-17(24(18)19)27-11-14-10-26-16(20-14)13-8-6-5-7-9-13/h5-10H,3-4,11-12,19H2,1-2H3. The highest BCUT2D eigenvalue weighted by molar-refractivity contribution is 8.00. The molecule has 0 saturated heterocycles. The fourth-order valence-corrected chi connectivity index (χ4v) is 4.98. The molecule has 0 bridgehead atoms. The molecule has 10 heteroatoms. The van der Waals surface area contributed by atoms with Crippen LogP contribution in [-0.4, -0.2) is 49.5 Å². The number of hydrogen-bond acceptors (Lipinski definition) is 8. The van der Waals surface area contributed by atoms with Gasteiger partial charge in [-0.2, -0.15) is 0 Å². The molecule has 3 rings (SSSR count). The van der Waals surface area contributed by atoms with Gasteiger partial charge in [0.25, 0.3) is 0 Å². The van der Waals surface area contributed by atoms with Crippen molar-refractivity contribution >= 4 is 40.8 Å². The Morgan fingerprint density at radius 2 is 1.82 bits per heavy atom. The molecule has 2 N–H and O–H groups in total. The van der Waals surface area contributed by atoms with Crippen LogP contribution in [0.15, 0.2) is 46.0 Å². The van der Waals surface area contributed by atoms with Crippen LogP contribution < -0.4 is 5.84 Å². The van der Waals surface area contributed by atoms with Crippen LogP contribution in [0.3, 0.4) is 0 Å². The Hall–Kier alpha value is -2.04. The van der Waals surface area contributed by atoms with Crippen LogP contribution in [0.1, 0.15) is 19.5 Å². The molecule has 2 aromatic heterocycles. The first-order chi connectivity index (χ1) is 13.6. The van der Waals surface area contributed by atoms with Gasteiger partial charge in [-0.1, -0.05) is 53.9 Å².